The van der Waals surface area contributed by atoms with E-state index < -0.39 is 0 Å². The van der Waals surface area contributed by atoms with E-state index in [-0.39, 0.29) is 0 Å². The van der Waals surface area contributed by atoms with Gasteiger partial charge < -0.3 is 5.32 Å². The minimum atomic E-state index is 0.454. The van der Waals surface area contributed by atoms with Gasteiger partial charge in [0.05, 0.1) is 5.69 Å². The van der Waals surface area contributed by atoms with E-state index in [1.807, 2.05) is 0 Å². The first-order chi connectivity index (χ1) is 9.11. The molecule has 1 aromatic rings. The van der Waals surface area contributed by atoms with E-state index >= 15 is 0 Å². The molecule has 2 atom stereocenters. The van der Waals surface area contributed by atoms with Crippen LogP contribution in [0.4, 0.5) is 0 Å². The van der Waals surface area contributed by atoms with Crippen LogP contribution in [0.2, 0.25) is 0 Å². The summed E-state index contributed by atoms with van der Waals surface area (Å²) in [5, 5.41) is 8.37. The molecule has 0 aliphatic carbocycles. The molecule has 0 aromatic carbocycles. The second-order valence-corrected chi connectivity index (χ2v) is 6.50. The molecule has 0 saturated carbocycles. The number of aromatic nitrogens is 2. The van der Waals surface area contributed by atoms with Crippen LogP contribution in [0.5, 0.6) is 0 Å². The SMILES string of the molecule is Cc1nn(C(C)C)cc1CN1CC2CCCC(C1)N2. The van der Waals surface area contributed by atoms with Crippen molar-refractivity contribution in [2.24, 2.45) is 0 Å². The quantitative estimate of drug-likeness (QED) is 0.905. The molecule has 1 aromatic heterocycles. The van der Waals surface area contributed by atoms with Crippen LogP contribution in [0.15, 0.2) is 6.20 Å². The van der Waals surface area contributed by atoms with Crippen molar-refractivity contribution in [1.82, 2.24) is 20.0 Å². The van der Waals surface area contributed by atoms with Crippen molar-refractivity contribution in [2.45, 2.75) is 64.7 Å². The Labute approximate surface area is 116 Å². The second-order valence-electron chi connectivity index (χ2n) is 6.50. The first-order valence-electron chi connectivity index (χ1n) is 7.65. The average molecular weight is 262 g/mol. The van der Waals surface area contributed by atoms with Crippen molar-refractivity contribution >= 4 is 0 Å². The molecule has 2 unspecified atom stereocenters. The zero-order chi connectivity index (χ0) is 13.4. The number of nitrogens with one attached hydrogen (secondary N) is 1. The summed E-state index contributed by atoms with van der Waals surface area (Å²) in [5.41, 5.74) is 2.59. The first-order valence-corrected chi connectivity index (χ1v) is 7.65. The molecule has 1 N–H and O–H groups in total. The van der Waals surface area contributed by atoms with Crippen molar-refractivity contribution in [3.63, 3.8) is 0 Å². The molecule has 106 valence electrons. The van der Waals surface area contributed by atoms with Gasteiger partial charge in [0, 0.05) is 49.5 Å². The van der Waals surface area contributed by atoms with E-state index in [1.54, 1.807) is 0 Å². The van der Waals surface area contributed by atoms with Gasteiger partial charge in [0.2, 0.25) is 0 Å². The van der Waals surface area contributed by atoms with E-state index in [4.69, 9.17) is 0 Å². The predicted molar refractivity (Wildman–Crippen MR) is 77.2 cm³/mol. The van der Waals surface area contributed by atoms with E-state index in [2.05, 4.69) is 47.0 Å². The van der Waals surface area contributed by atoms with Gasteiger partial charge in [0.1, 0.15) is 0 Å². The Morgan fingerprint density at radius 3 is 2.58 bits per heavy atom. The zero-order valence-electron chi connectivity index (χ0n) is 12.4. The highest BCUT2D eigenvalue weighted by molar-refractivity contribution is 5.16. The summed E-state index contributed by atoms with van der Waals surface area (Å²) < 4.78 is 2.09. The fourth-order valence-corrected chi connectivity index (χ4v) is 3.41. The minimum absolute atomic E-state index is 0.454. The summed E-state index contributed by atoms with van der Waals surface area (Å²) in [7, 11) is 0. The van der Waals surface area contributed by atoms with Gasteiger partial charge in [-0.2, -0.15) is 5.10 Å². The Balaban J connectivity index is 1.68. The topological polar surface area (TPSA) is 33.1 Å². The standard InChI is InChI=1S/C15H26N4/c1-11(2)19-8-13(12(3)17-19)7-18-9-14-5-4-6-15(10-18)16-14/h8,11,14-16H,4-7,9-10H2,1-3H3. The molecule has 2 bridgehead atoms. The Morgan fingerprint density at radius 2 is 2.00 bits per heavy atom. The maximum atomic E-state index is 4.62. The third-order valence-corrected chi connectivity index (χ3v) is 4.48. The molecule has 0 spiro atoms. The highest BCUT2D eigenvalue weighted by Gasteiger charge is 2.29. The molecule has 3 rings (SSSR count). The van der Waals surface area contributed by atoms with Crippen molar-refractivity contribution in [3.05, 3.63) is 17.5 Å². The Bertz CT molecular complexity index is 425. The number of hydrogen-bond donors (Lipinski definition) is 1. The fourth-order valence-electron chi connectivity index (χ4n) is 3.41. The van der Waals surface area contributed by atoms with Gasteiger partial charge in [-0.05, 0) is 33.6 Å². The number of aryl methyl sites for hydroxylation is 1. The molecule has 3 heterocycles. The summed E-state index contributed by atoms with van der Waals surface area (Å²) in [6.07, 6.45) is 6.33. The summed E-state index contributed by atoms with van der Waals surface area (Å²) in [5.74, 6) is 0. The molecule has 2 aliphatic heterocycles. The lowest BCUT2D eigenvalue weighted by molar-refractivity contribution is 0.119. The number of hydrogen-bond acceptors (Lipinski definition) is 3. The smallest absolute Gasteiger partial charge is 0.0638 e. The van der Waals surface area contributed by atoms with Gasteiger partial charge in [0.25, 0.3) is 0 Å². The molecule has 4 nitrogen and oxygen atoms in total. The molecular formula is C15H26N4. The molecule has 2 fully saturated rings. The van der Waals surface area contributed by atoms with Crippen LogP contribution in [0.3, 0.4) is 0 Å². The lowest BCUT2D eigenvalue weighted by Gasteiger charge is -2.42. The molecule has 0 radical (unpaired) electrons. The second kappa shape index (κ2) is 5.25. The van der Waals surface area contributed by atoms with Crippen molar-refractivity contribution in [3.8, 4) is 0 Å². The Morgan fingerprint density at radius 1 is 1.32 bits per heavy atom. The maximum absolute atomic E-state index is 4.62. The number of rotatable bonds is 3. The first kappa shape index (κ1) is 13.1. The Kier molecular flexibility index (Phi) is 3.63. The van der Waals surface area contributed by atoms with Gasteiger partial charge in [0.15, 0.2) is 0 Å². The fraction of sp³-hybridized carbons (Fsp3) is 0.800. The van der Waals surface area contributed by atoms with Crippen molar-refractivity contribution < 1.29 is 0 Å². The van der Waals surface area contributed by atoms with Crippen LogP contribution in [0, 0.1) is 6.92 Å². The normalized spacial score (nSPS) is 28.0. The minimum Gasteiger partial charge on any atom is -0.309 e. The number of piperidine rings is 1. The summed E-state index contributed by atoms with van der Waals surface area (Å²) in [6.45, 7) is 9.97. The van der Waals surface area contributed by atoms with Crippen LogP contribution in [0.1, 0.15) is 50.4 Å². The highest BCUT2D eigenvalue weighted by atomic mass is 15.3. The van der Waals surface area contributed by atoms with Gasteiger partial charge in [-0.3, -0.25) is 9.58 Å². The van der Waals surface area contributed by atoms with Crippen LogP contribution in [-0.4, -0.2) is 39.9 Å². The molecule has 2 aliphatic rings. The average Bonchev–Trinajstić information content (AvgIpc) is 2.71. The van der Waals surface area contributed by atoms with Crippen LogP contribution in [0.25, 0.3) is 0 Å². The maximum Gasteiger partial charge on any atom is 0.0638 e. The predicted octanol–water partition coefficient (Wildman–Crippen LogP) is 2.10. The van der Waals surface area contributed by atoms with E-state index in [1.165, 1.54) is 43.6 Å². The van der Waals surface area contributed by atoms with Crippen molar-refractivity contribution in [1.29, 1.82) is 0 Å². The van der Waals surface area contributed by atoms with E-state index in [0.29, 0.717) is 18.1 Å². The van der Waals surface area contributed by atoms with Gasteiger partial charge in [-0.15, -0.1) is 0 Å². The molecule has 19 heavy (non-hydrogen) atoms. The highest BCUT2D eigenvalue weighted by Crippen LogP contribution is 2.22. The number of piperazine rings is 1. The van der Waals surface area contributed by atoms with Crippen LogP contribution >= 0.6 is 0 Å². The largest absolute Gasteiger partial charge is 0.309 e. The summed E-state index contributed by atoms with van der Waals surface area (Å²) in [6, 6.07) is 1.88. The monoisotopic (exact) mass is 262 g/mol. The molecule has 4 heteroatoms. The molecule has 0 amide bonds. The number of fused-ring (bicyclic) bond motifs is 2. The van der Waals surface area contributed by atoms with Crippen molar-refractivity contribution in [2.75, 3.05) is 13.1 Å². The van der Waals surface area contributed by atoms with Gasteiger partial charge >= 0.3 is 0 Å². The zero-order valence-corrected chi connectivity index (χ0v) is 12.4. The lowest BCUT2D eigenvalue weighted by Crippen LogP contribution is -2.58. The van der Waals surface area contributed by atoms with Gasteiger partial charge in [-0.25, -0.2) is 0 Å². The molecule has 2 saturated heterocycles. The van der Waals surface area contributed by atoms with Gasteiger partial charge in [-0.1, -0.05) is 6.42 Å². The van der Waals surface area contributed by atoms with E-state index in [0.717, 1.165) is 6.54 Å². The van der Waals surface area contributed by atoms with Crippen LogP contribution < -0.4 is 5.32 Å². The summed E-state index contributed by atoms with van der Waals surface area (Å²) in [4.78, 5) is 2.61. The number of nitrogens with zero attached hydrogens (tertiary/aromatic N) is 3. The van der Waals surface area contributed by atoms with Crippen LogP contribution in [-0.2, 0) is 6.54 Å². The Hall–Kier alpha value is -0.870. The third kappa shape index (κ3) is 2.84. The summed E-state index contributed by atoms with van der Waals surface area (Å²) >= 11 is 0. The third-order valence-electron chi connectivity index (χ3n) is 4.48. The lowest BCUT2D eigenvalue weighted by atomic mass is 9.94. The van der Waals surface area contributed by atoms with E-state index in [9.17, 15) is 0 Å². The molecular weight excluding hydrogens is 236 g/mol. The number of likely N-dealkylation sites (tertiary alicyclic amines) is 1.